The van der Waals surface area contributed by atoms with Crippen LogP contribution in [0, 0.1) is 0 Å². The zero-order valence-corrected chi connectivity index (χ0v) is 6.89. The fraction of sp³-hybridized carbons (Fsp3) is 0.833. The number of thioether (sulfide) groups is 1. The first kappa shape index (κ1) is 7.88. The number of likely N-dealkylation sites (tertiary alicyclic amines) is 1. The molecule has 1 saturated heterocycles. The second-order valence-corrected chi connectivity index (χ2v) is 3.47. The summed E-state index contributed by atoms with van der Waals surface area (Å²) < 4.78 is 0. The fourth-order valence-corrected chi connectivity index (χ4v) is 1.76. The van der Waals surface area contributed by atoms with E-state index in [2.05, 4.69) is 0 Å². The zero-order chi connectivity index (χ0) is 7.72. The van der Waals surface area contributed by atoms with Crippen LogP contribution in [0.1, 0.15) is 6.42 Å². The third-order valence-corrected chi connectivity index (χ3v) is 2.82. The van der Waals surface area contributed by atoms with E-state index in [1.165, 1.54) is 16.7 Å². The summed E-state index contributed by atoms with van der Waals surface area (Å²) in [5.74, 6) is 0.0341. The number of aliphatic hydroxyl groups is 1. The molecule has 1 amide bonds. The van der Waals surface area contributed by atoms with Crippen molar-refractivity contribution < 1.29 is 9.90 Å². The Morgan fingerprint density at radius 1 is 1.80 bits per heavy atom. The van der Waals surface area contributed by atoms with Crippen molar-refractivity contribution in [3.05, 3.63) is 0 Å². The molecule has 0 spiro atoms. The van der Waals surface area contributed by atoms with Crippen molar-refractivity contribution in [2.45, 2.75) is 17.9 Å². The molecule has 1 aliphatic rings. The first-order valence-electron chi connectivity index (χ1n) is 3.13. The minimum absolute atomic E-state index is 0.0341. The molecule has 10 heavy (non-hydrogen) atoms. The Balaban J connectivity index is 2.61. The van der Waals surface area contributed by atoms with Gasteiger partial charge >= 0.3 is 0 Å². The third kappa shape index (κ3) is 1.13. The maximum Gasteiger partial charge on any atom is 0.225 e. The number of hydrogen-bond acceptors (Lipinski definition) is 3. The first-order chi connectivity index (χ1) is 4.66. The summed E-state index contributed by atoms with van der Waals surface area (Å²) in [6.45, 7) is 0. The summed E-state index contributed by atoms with van der Waals surface area (Å²) in [5.41, 5.74) is 0. The van der Waals surface area contributed by atoms with Crippen LogP contribution in [0.5, 0.6) is 0 Å². The van der Waals surface area contributed by atoms with Crippen LogP contribution in [-0.2, 0) is 4.79 Å². The van der Waals surface area contributed by atoms with E-state index in [9.17, 15) is 9.90 Å². The van der Waals surface area contributed by atoms with E-state index in [1.807, 2.05) is 6.26 Å². The van der Waals surface area contributed by atoms with Crippen LogP contribution in [0.2, 0.25) is 0 Å². The molecule has 0 radical (unpaired) electrons. The minimum atomic E-state index is -0.581. The molecule has 1 heterocycles. The number of amides is 1. The maximum absolute atomic E-state index is 10.9. The molecule has 1 N–H and O–H groups in total. The van der Waals surface area contributed by atoms with E-state index in [1.54, 1.807) is 7.05 Å². The lowest BCUT2D eigenvalue weighted by Gasteiger charge is -2.16. The fourth-order valence-electron chi connectivity index (χ4n) is 1.02. The highest BCUT2D eigenvalue weighted by Crippen LogP contribution is 2.24. The van der Waals surface area contributed by atoms with Gasteiger partial charge in [-0.3, -0.25) is 4.79 Å². The normalized spacial score (nSPS) is 33.5. The topological polar surface area (TPSA) is 40.5 Å². The van der Waals surface area contributed by atoms with E-state index in [0.29, 0.717) is 6.42 Å². The molecule has 1 rings (SSSR count). The van der Waals surface area contributed by atoms with Gasteiger partial charge in [-0.15, -0.1) is 0 Å². The molecule has 4 heteroatoms. The molecule has 0 aromatic rings. The van der Waals surface area contributed by atoms with E-state index < -0.39 is 6.23 Å². The molecule has 58 valence electrons. The second-order valence-electron chi connectivity index (χ2n) is 2.40. The highest BCUT2D eigenvalue weighted by atomic mass is 32.2. The van der Waals surface area contributed by atoms with Crippen LogP contribution < -0.4 is 0 Å². The van der Waals surface area contributed by atoms with Gasteiger partial charge in [0, 0.05) is 13.5 Å². The van der Waals surface area contributed by atoms with Crippen molar-refractivity contribution in [2.24, 2.45) is 0 Å². The number of carbonyl (C=O) groups is 1. The van der Waals surface area contributed by atoms with E-state index in [4.69, 9.17) is 0 Å². The molecule has 0 saturated carbocycles. The average molecular weight is 161 g/mol. The Morgan fingerprint density at radius 3 is 2.60 bits per heavy atom. The number of rotatable bonds is 1. The smallest absolute Gasteiger partial charge is 0.225 e. The monoisotopic (exact) mass is 161 g/mol. The summed E-state index contributed by atoms with van der Waals surface area (Å²) >= 11 is 1.54. The molecule has 0 aliphatic carbocycles. The summed E-state index contributed by atoms with van der Waals surface area (Å²) in [4.78, 5) is 12.3. The lowest BCUT2D eigenvalue weighted by molar-refractivity contribution is -0.131. The molecule has 0 aromatic carbocycles. The van der Waals surface area contributed by atoms with Crippen LogP contribution in [0.3, 0.4) is 0 Å². The highest BCUT2D eigenvalue weighted by molar-refractivity contribution is 7.99. The molecule has 3 nitrogen and oxygen atoms in total. The van der Waals surface area contributed by atoms with Gasteiger partial charge < -0.3 is 10.0 Å². The Kier molecular flexibility index (Phi) is 2.21. The van der Waals surface area contributed by atoms with Crippen molar-refractivity contribution in [1.82, 2.24) is 4.90 Å². The SMILES string of the molecule is CSC1CC(=O)N(C)C1O. The maximum atomic E-state index is 10.9. The van der Waals surface area contributed by atoms with Gasteiger partial charge in [0.05, 0.1) is 5.25 Å². The molecule has 0 aromatic heterocycles. The molecular formula is C6H11NO2S. The first-order valence-corrected chi connectivity index (χ1v) is 4.42. The minimum Gasteiger partial charge on any atom is -0.372 e. The highest BCUT2D eigenvalue weighted by Gasteiger charge is 2.35. The van der Waals surface area contributed by atoms with E-state index in [0.717, 1.165) is 0 Å². The van der Waals surface area contributed by atoms with Crippen molar-refractivity contribution in [3.63, 3.8) is 0 Å². The van der Waals surface area contributed by atoms with Gasteiger partial charge in [0.15, 0.2) is 0 Å². The average Bonchev–Trinajstić information content (AvgIpc) is 2.17. The van der Waals surface area contributed by atoms with Crippen molar-refractivity contribution in [3.8, 4) is 0 Å². The van der Waals surface area contributed by atoms with Crippen LogP contribution in [0.15, 0.2) is 0 Å². The second kappa shape index (κ2) is 2.80. The van der Waals surface area contributed by atoms with Crippen LogP contribution >= 0.6 is 11.8 Å². The molecule has 1 fully saturated rings. The quantitative estimate of drug-likeness (QED) is 0.583. The van der Waals surface area contributed by atoms with Crippen LogP contribution in [0.4, 0.5) is 0 Å². The Bertz CT molecular complexity index is 151. The van der Waals surface area contributed by atoms with Crippen molar-refractivity contribution in [1.29, 1.82) is 0 Å². The summed E-state index contributed by atoms with van der Waals surface area (Å²) in [6.07, 6.45) is 1.79. The van der Waals surface area contributed by atoms with Crippen LogP contribution in [0.25, 0.3) is 0 Å². The standard InChI is InChI=1S/C6H11NO2S/c1-7-5(8)3-4(10-2)6(7)9/h4,6,9H,3H2,1-2H3. The summed E-state index contributed by atoms with van der Waals surface area (Å²) in [6, 6.07) is 0. The van der Waals surface area contributed by atoms with E-state index >= 15 is 0 Å². The van der Waals surface area contributed by atoms with Crippen molar-refractivity contribution in [2.75, 3.05) is 13.3 Å². The Morgan fingerprint density at radius 2 is 2.40 bits per heavy atom. The van der Waals surface area contributed by atoms with Gasteiger partial charge in [-0.2, -0.15) is 11.8 Å². The molecular weight excluding hydrogens is 150 g/mol. The number of carbonyl (C=O) groups excluding carboxylic acids is 1. The zero-order valence-electron chi connectivity index (χ0n) is 6.07. The Labute approximate surface area is 64.4 Å². The third-order valence-electron chi connectivity index (χ3n) is 1.80. The summed E-state index contributed by atoms with van der Waals surface area (Å²) in [7, 11) is 1.63. The van der Waals surface area contributed by atoms with Gasteiger partial charge in [-0.05, 0) is 6.26 Å². The largest absolute Gasteiger partial charge is 0.372 e. The predicted octanol–water partition coefficient (Wildman–Crippen LogP) is -0.102. The molecule has 2 atom stereocenters. The van der Waals surface area contributed by atoms with Gasteiger partial charge in [0.1, 0.15) is 6.23 Å². The summed E-state index contributed by atoms with van der Waals surface area (Å²) in [5, 5.41) is 9.38. The molecule has 1 aliphatic heterocycles. The van der Waals surface area contributed by atoms with E-state index in [-0.39, 0.29) is 11.2 Å². The Hall–Kier alpha value is -0.220. The molecule has 2 unspecified atom stereocenters. The lowest BCUT2D eigenvalue weighted by atomic mass is 10.3. The van der Waals surface area contributed by atoms with Crippen LogP contribution in [-0.4, -0.2) is 40.7 Å². The number of aliphatic hydroxyl groups excluding tert-OH is 1. The number of hydrogen-bond donors (Lipinski definition) is 1. The van der Waals surface area contributed by atoms with Gasteiger partial charge in [-0.25, -0.2) is 0 Å². The van der Waals surface area contributed by atoms with Gasteiger partial charge in [-0.1, -0.05) is 0 Å². The van der Waals surface area contributed by atoms with Gasteiger partial charge in [0.2, 0.25) is 5.91 Å². The molecule has 0 bridgehead atoms. The predicted molar refractivity (Wildman–Crippen MR) is 40.7 cm³/mol. The lowest BCUT2D eigenvalue weighted by Crippen LogP contribution is -2.31. The van der Waals surface area contributed by atoms with Crippen molar-refractivity contribution >= 4 is 17.7 Å². The van der Waals surface area contributed by atoms with Gasteiger partial charge in [0.25, 0.3) is 0 Å². The number of nitrogens with zero attached hydrogens (tertiary/aromatic N) is 1.